The highest BCUT2D eigenvalue weighted by Gasteiger charge is 2.17. The van der Waals surface area contributed by atoms with E-state index in [1.54, 1.807) is 13.8 Å². The van der Waals surface area contributed by atoms with E-state index in [2.05, 4.69) is 4.72 Å². The number of amides is 1. The third-order valence-electron chi connectivity index (χ3n) is 3.43. The Labute approximate surface area is 145 Å². The predicted molar refractivity (Wildman–Crippen MR) is 92.9 cm³/mol. The normalized spacial score (nSPS) is 11.0. The molecule has 3 N–H and O–H groups in total. The molecule has 2 aromatic carbocycles. The Bertz CT molecular complexity index is 905. The van der Waals surface area contributed by atoms with Gasteiger partial charge in [-0.15, -0.1) is 0 Å². The molecular formula is C17H18N2O5S. The molecule has 2 aromatic rings. The van der Waals surface area contributed by atoms with Gasteiger partial charge >= 0.3 is 5.97 Å². The van der Waals surface area contributed by atoms with Gasteiger partial charge in [0.05, 0.1) is 17.1 Å². The maximum absolute atomic E-state index is 12.5. The van der Waals surface area contributed by atoms with Crippen LogP contribution in [0.4, 0.5) is 5.69 Å². The number of primary amides is 1. The summed E-state index contributed by atoms with van der Waals surface area (Å²) in [5.41, 5.74) is 6.57. The second-order valence-electron chi connectivity index (χ2n) is 5.24. The first-order chi connectivity index (χ1) is 11.7. The third-order valence-corrected chi connectivity index (χ3v) is 4.81. The van der Waals surface area contributed by atoms with Crippen molar-refractivity contribution in [3.05, 3.63) is 59.2 Å². The third kappa shape index (κ3) is 4.36. The van der Waals surface area contributed by atoms with Crippen molar-refractivity contribution in [1.29, 1.82) is 0 Å². The summed E-state index contributed by atoms with van der Waals surface area (Å²) >= 11 is 0. The number of nitrogens with two attached hydrogens (primary N) is 1. The molecule has 0 fully saturated rings. The van der Waals surface area contributed by atoms with Crippen molar-refractivity contribution in [2.45, 2.75) is 18.7 Å². The Kier molecular flexibility index (Phi) is 5.43. The molecule has 0 saturated carbocycles. The van der Waals surface area contributed by atoms with Crippen LogP contribution in [-0.2, 0) is 14.8 Å². The van der Waals surface area contributed by atoms with Crippen LogP contribution in [0.15, 0.2) is 47.4 Å². The zero-order valence-corrected chi connectivity index (χ0v) is 14.6. The molecule has 0 aliphatic rings. The second-order valence-corrected chi connectivity index (χ2v) is 6.93. The van der Waals surface area contributed by atoms with E-state index < -0.39 is 21.9 Å². The van der Waals surface area contributed by atoms with Crippen molar-refractivity contribution in [3.8, 4) is 0 Å². The van der Waals surface area contributed by atoms with Crippen molar-refractivity contribution >= 4 is 27.6 Å². The number of ether oxygens (including phenoxy) is 1. The Balaban J connectivity index is 2.26. The lowest BCUT2D eigenvalue weighted by Gasteiger charge is -2.10. The monoisotopic (exact) mass is 362 g/mol. The van der Waals surface area contributed by atoms with E-state index in [1.807, 2.05) is 0 Å². The number of esters is 1. The molecule has 132 valence electrons. The summed E-state index contributed by atoms with van der Waals surface area (Å²) in [5.74, 6) is -1.19. The lowest BCUT2D eigenvalue weighted by Crippen LogP contribution is -2.17. The number of sulfonamides is 1. The lowest BCUT2D eigenvalue weighted by atomic mass is 10.1. The summed E-state index contributed by atoms with van der Waals surface area (Å²) in [4.78, 5) is 22.9. The molecule has 1 amide bonds. The van der Waals surface area contributed by atoms with E-state index in [9.17, 15) is 18.0 Å². The Morgan fingerprint density at radius 2 is 1.76 bits per heavy atom. The fourth-order valence-electron chi connectivity index (χ4n) is 2.14. The predicted octanol–water partition coefficient (Wildman–Crippen LogP) is 2.07. The lowest BCUT2D eigenvalue weighted by molar-refractivity contribution is 0.0526. The molecule has 0 spiro atoms. The molecule has 0 aliphatic carbocycles. The fraction of sp³-hybridized carbons (Fsp3) is 0.176. The van der Waals surface area contributed by atoms with E-state index in [-0.39, 0.29) is 22.8 Å². The van der Waals surface area contributed by atoms with Crippen LogP contribution in [0, 0.1) is 6.92 Å². The van der Waals surface area contributed by atoms with Crippen molar-refractivity contribution in [3.63, 3.8) is 0 Å². The van der Waals surface area contributed by atoms with Crippen molar-refractivity contribution in [2.75, 3.05) is 11.3 Å². The van der Waals surface area contributed by atoms with Gasteiger partial charge in [-0.25, -0.2) is 13.2 Å². The minimum Gasteiger partial charge on any atom is -0.462 e. The summed E-state index contributed by atoms with van der Waals surface area (Å²) < 4.78 is 32.2. The van der Waals surface area contributed by atoms with Gasteiger partial charge in [0.2, 0.25) is 5.91 Å². The number of hydrogen-bond donors (Lipinski definition) is 2. The molecule has 0 radical (unpaired) electrons. The van der Waals surface area contributed by atoms with E-state index >= 15 is 0 Å². The average Bonchev–Trinajstić information content (AvgIpc) is 2.55. The maximum atomic E-state index is 12.5. The smallest absolute Gasteiger partial charge is 0.338 e. The van der Waals surface area contributed by atoms with Crippen LogP contribution in [0.5, 0.6) is 0 Å². The number of hydrogen-bond acceptors (Lipinski definition) is 5. The SMILES string of the molecule is CCOC(=O)c1ccc(NS(=O)(=O)c2ccc(C)c(C(N)=O)c2)cc1. The van der Waals surface area contributed by atoms with Crippen LogP contribution in [0.3, 0.4) is 0 Å². The van der Waals surface area contributed by atoms with E-state index in [0.29, 0.717) is 11.1 Å². The molecule has 25 heavy (non-hydrogen) atoms. The van der Waals surface area contributed by atoms with Crippen LogP contribution in [-0.4, -0.2) is 26.9 Å². The van der Waals surface area contributed by atoms with Crippen LogP contribution in [0.25, 0.3) is 0 Å². The number of benzene rings is 2. The molecule has 0 saturated heterocycles. The summed E-state index contributed by atoms with van der Waals surface area (Å²) in [5, 5.41) is 0. The van der Waals surface area contributed by atoms with Gasteiger partial charge in [0.15, 0.2) is 0 Å². The van der Waals surface area contributed by atoms with Crippen LogP contribution >= 0.6 is 0 Å². The molecule has 0 aromatic heterocycles. The highest BCUT2D eigenvalue weighted by atomic mass is 32.2. The number of rotatable bonds is 6. The van der Waals surface area contributed by atoms with Gasteiger partial charge in [0.1, 0.15) is 0 Å². The molecule has 0 heterocycles. The summed E-state index contributed by atoms with van der Waals surface area (Å²) in [7, 11) is -3.90. The maximum Gasteiger partial charge on any atom is 0.338 e. The minimum atomic E-state index is -3.90. The van der Waals surface area contributed by atoms with E-state index in [0.717, 1.165) is 0 Å². The molecule has 8 heteroatoms. The topological polar surface area (TPSA) is 116 Å². The van der Waals surface area contributed by atoms with E-state index in [4.69, 9.17) is 10.5 Å². The van der Waals surface area contributed by atoms with Gasteiger partial charge in [-0.05, 0) is 55.8 Å². The number of anilines is 1. The van der Waals surface area contributed by atoms with E-state index in [1.165, 1.54) is 42.5 Å². The Hall–Kier alpha value is -2.87. The number of carbonyl (C=O) groups excluding carboxylic acids is 2. The number of aryl methyl sites for hydroxylation is 1. The minimum absolute atomic E-state index is 0.0821. The standard InChI is InChI=1S/C17H18N2O5S/c1-3-24-17(21)12-5-7-13(8-6-12)19-25(22,23)14-9-4-11(2)15(10-14)16(18)20/h4-10,19H,3H2,1-2H3,(H2,18,20). The van der Waals surface area contributed by atoms with Gasteiger partial charge in [-0.3, -0.25) is 9.52 Å². The number of nitrogens with one attached hydrogen (secondary N) is 1. The molecule has 0 unspecified atom stereocenters. The van der Waals surface area contributed by atoms with Crippen LogP contribution in [0.1, 0.15) is 33.2 Å². The summed E-state index contributed by atoms with van der Waals surface area (Å²) in [6, 6.07) is 9.95. The zero-order valence-electron chi connectivity index (χ0n) is 13.8. The van der Waals surface area contributed by atoms with Gasteiger partial charge in [0.25, 0.3) is 10.0 Å². The zero-order chi connectivity index (χ0) is 18.6. The first-order valence-electron chi connectivity index (χ1n) is 7.45. The molecule has 0 bridgehead atoms. The Morgan fingerprint density at radius 3 is 2.32 bits per heavy atom. The van der Waals surface area contributed by atoms with Crippen LogP contribution in [0.2, 0.25) is 0 Å². The number of carbonyl (C=O) groups is 2. The second kappa shape index (κ2) is 7.35. The van der Waals surface area contributed by atoms with Crippen molar-refractivity contribution in [2.24, 2.45) is 5.73 Å². The first kappa shape index (κ1) is 18.5. The fourth-order valence-corrected chi connectivity index (χ4v) is 3.22. The van der Waals surface area contributed by atoms with Crippen molar-refractivity contribution < 1.29 is 22.7 Å². The average molecular weight is 362 g/mol. The van der Waals surface area contributed by atoms with Crippen LogP contribution < -0.4 is 10.5 Å². The molecular weight excluding hydrogens is 344 g/mol. The molecule has 7 nitrogen and oxygen atoms in total. The van der Waals surface area contributed by atoms with Gasteiger partial charge < -0.3 is 10.5 Å². The highest BCUT2D eigenvalue weighted by Crippen LogP contribution is 2.19. The van der Waals surface area contributed by atoms with Crippen molar-refractivity contribution in [1.82, 2.24) is 0 Å². The summed E-state index contributed by atoms with van der Waals surface area (Å²) in [6.07, 6.45) is 0. The largest absolute Gasteiger partial charge is 0.462 e. The highest BCUT2D eigenvalue weighted by molar-refractivity contribution is 7.92. The molecule has 2 rings (SSSR count). The summed E-state index contributed by atoms with van der Waals surface area (Å²) in [6.45, 7) is 3.61. The Morgan fingerprint density at radius 1 is 1.12 bits per heavy atom. The molecule has 0 atom stereocenters. The first-order valence-corrected chi connectivity index (χ1v) is 8.93. The van der Waals surface area contributed by atoms with Gasteiger partial charge in [-0.1, -0.05) is 6.07 Å². The van der Waals surface area contributed by atoms with Gasteiger partial charge in [-0.2, -0.15) is 0 Å². The quantitative estimate of drug-likeness (QED) is 0.763. The van der Waals surface area contributed by atoms with Gasteiger partial charge in [0, 0.05) is 11.3 Å². The molecule has 0 aliphatic heterocycles.